The molecule has 0 amide bonds. The number of nitrogens with one attached hydrogen (secondary N) is 1. The highest BCUT2D eigenvalue weighted by atomic mass is 14.9. The lowest BCUT2D eigenvalue weighted by atomic mass is 9.99. The van der Waals surface area contributed by atoms with Crippen molar-refractivity contribution in [1.82, 2.24) is 5.32 Å². The van der Waals surface area contributed by atoms with E-state index in [9.17, 15) is 0 Å². The molecule has 84 valence electrons. The van der Waals surface area contributed by atoms with E-state index < -0.39 is 0 Å². The van der Waals surface area contributed by atoms with Crippen LogP contribution < -0.4 is 5.32 Å². The molecule has 0 atom stereocenters. The maximum Gasteiger partial charge on any atom is 0.0607 e. The molecule has 0 saturated carbocycles. The van der Waals surface area contributed by atoms with Crippen LogP contribution in [-0.2, 0) is 0 Å². The number of hydrogen-bond donors (Lipinski definition) is 1. The fraction of sp³-hybridized carbons (Fsp3) is 0.615. The second kappa shape index (κ2) is 5.74. The molecule has 0 aromatic heterocycles. The Bertz CT molecular complexity index is 296. The van der Waals surface area contributed by atoms with Crippen LogP contribution in [0.2, 0.25) is 0 Å². The topological polar surface area (TPSA) is 24.4 Å². The van der Waals surface area contributed by atoms with Gasteiger partial charge in [-0.3, -0.25) is 4.99 Å². The predicted octanol–water partition coefficient (Wildman–Crippen LogP) is 2.93. The fourth-order valence-electron chi connectivity index (χ4n) is 1.69. The van der Waals surface area contributed by atoms with Gasteiger partial charge < -0.3 is 5.32 Å². The molecule has 1 N–H and O–H groups in total. The molecule has 0 aromatic rings. The van der Waals surface area contributed by atoms with Gasteiger partial charge in [-0.2, -0.15) is 0 Å². The van der Waals surface area contributed by atoms with Crippen LogP contribution >= 0.6 is 0 Å². The largest absolute Gasteiger partial charge is 0.380 e. The third-order valence-electron chi connectivity index (χ3n) is 2.47. The third kappa shape index (κ3) is 3.22. The smallest absolute Gasteiger partial charge is 0.0607 e. The Balaban J connectivity index is 2.93. The zero-order valence-electron chi connectivity index (χ0n) is 10.3. The molecule has 0 radical (unpaired) electrons. The first-order valence-electron chi connectivity index (χ1n) is 5.82. The molecular weight excluding hydrogens is 184 g/mol. The normalized spacial score (nSPS) is 17.3. The SMILES string of the molecule is CCCN=C(C1=C(C)C=CCN1)C(C)C. The number of nitrogens with zero attached hydrogens (tertiary/aromatic N) is 1. The van der Waals surface area contributed by atoms with E-state index in [1.807, 2.05) is 0 Å². The van der Waals surface area contributed by atoms with Gasteiger partial charge in [-0.1, -0.05) is 32.9 Å². The summed E-state index contributed by atoms with van der Waals surface area (Å²) < 4.78 is 0. The minimum absolute atomic E-state index is 0.487. The van der Waals surface area contributed by atoms with E-state index in [1.54, 1.807) is 0 Å². The van der Waals surface area contributed by atoms with Crippen molar-refractivity contribution in [3.05, 3.63) is 23.4 Å². The molecule has 0 saturated heterocycles. The summed E-state index contributed by atoms with van der Waals surface area (Å²) >= 11 is 0. The lowest BCUT2D eigenvalue weighted by molar-refractivity contribution is 0.816. The van der Waals surface area contributed by atoms with Crippen LogP contribution in [0.15, 0.2) is 28.4 Å². The van der Waals surface area contributed by atoms with Gasteiger partial charge in [-0.15, -0.1) is 0 Å². The zero-order valence-corrected chi connectivity index (χ0v) is 10.3. The van der Waals surface area contributed by atoms with E-state index >= 15 is 0 Å². The van der Waals surface area contributed by atoms with Crippen molar-refractivity contribution in [2.75, 3.05) is 13.1 Å². The first-order chi connectivity index (χ1) is 7.16. The highest BCUT2D eigenvalue weighted by Crippen LogP contribution is 2.14. The summed E-state index contributed by atoms with van der Waals surface area (Å²) in [6.07, 6.45) is 5.44. The third-order valence-corrected chi connectivity index (χ3v) is 2.47. The van der Waals surface area contributed by atoms with Gasteiger partial charge in [-0.05, 0) is 24.8 Å². The zero-order chi connectivity index (χ0) is 11.3. The molecule has 2 nitrogen and oxygen atoms in total. The van der Waals surface area contributed by atoms with E-state index in [0.29, 0.717) is 5.92 Å². The fourth-order valence-corrected chi connectivity index (χ4v) is 1.69. The van der Waals surface area contributed by atoms with Gasteiger partial charge >= 0.3 is 0 Å². The number of aliphatic imine (C=N–C) groups is 1. The van der Waals surface area contributed by atoms with Crippen LogP contribution in [-0.4, -0.2) is 18.8 Å². The maximum absolute atomic E-state index is 4.68. The summed E-state index contributed by atoms with van der Waals surface area (Å²) in [7, 11) is 0. The second-order valence-corrected chi connectivity index (χ2v) is 4.26. The van der Waals surface area contributed by atoms with Gasteiger partial charge in [0.15, 0.2) is 0 Å². The minimum atomic E-state index is 0.487. The molecule has 0 unspecified atom stereocenters. The Kier molecular flexibility index (Phi) is 4.60. The summed E-state index contributed by atoms with van der Waals surface area (Å²) in [5, 5.41) is 3.42. The van der Waals surface area contributed by atoms with Crippen molar-refractivity contribution in [1.29, 1.82) is 0 Å². The average molecular weight is 206 g/mol. The highest BCUT2D eigenvalue weighted by molar-refractivity contribution is 6.02. The van der Waals surface area contributed by atoms with Crippen LogP contribution in [0.4, 0.5) is 0 Å². The van der Waals surface area contributed by atoms with E-state index in [0.717, 1.165) is 19.5 Å². The van der Waals surface area contributed by atoms with E-state index in [2.05, 4.69) is 50.2 Å². The van der Waals surface area contributed by atoms with Gasteiger partial charge in [0.1, 0.15) is 0 Å². The van der Waals surface area contributed by atoms with Crippen molar-refractivity contribution >= 4 is 5.71 Å². The second-order valence-electron chi connectivity index (χ2n) is 4.26. The van der Waals surface area contributed by atoms with Crippen molar-refractivity contribution < 1.29 is 0 Å². The van der Waals surface area contributed by atoms with Crippen molar-refractivity contribution in [2.45, 2.75) is 34.1 Å². The number of allylic oxidation sites excluding steroid dienone is 3. The molecule has 0 spiro atoms. The Morgan fingerprint density at radius 2 is 2.27 bits per heavy atom. The highest BCUT2D eigenvalue weighted by Gasteiger charge is 2.14. The Hall–Kier alpha value is -1.05. The van der Waals surface area contributed by atoms with E-state index in [4.69, 9.17) is 0 Å². The lowest BCUT2D eigenvalue weighted by Gasteiger charge is -2.20. The molecule has 1 heterocycles. The summed E-state index contributed by atoms with van der Waals surface area (Å²) in [5.41, 5.74) is 3.75. The first-order valence-corrected chi connectivity index (χ1v) is 5.82. The Labute approximate surface area is 93.2 Å². The molecular formula is C13H22N2. The predicted molar refractivity (Wildman–Crippen MR) is 67.3 cm³/mol. The molecule has 2 heteroatoms. The van der Waals surface area contributed by atoms with Gasteiger partial charge in [0.2, 0.25) is 0 Å². The van der Waals surface area contributed by atoms with Crippen molar-refractivity contribution in [2.24, 2.45) is 10.9 Å². The number of hydrogen-bond acceptors (Lipinski definition) is 2. The van der Waals surface area contributed by atoms with Gasteiger partial charge in [0.25, 0.3) is 0 Å². The van der Waals surface area contributed by atoms with Gasteiger partial charge in [-0.25, -0.2) is 0 Å². The van der Waals surface area contributed by atoms with Gasteiger partial charge in [0.05, 0.1) is 11.4 Å². The molecule has 1 aliphatic rings. The van der Waals surface area contributed by atoms with Crippen LogP contribution in [0.1, 0.15) is 34.1 Å². The van der Waals surface area contributed by atoms with Crippen LogP contribution in [0, 0.1) is 5.92 Å². The summed E-state index contributed by atoms with van der Waals surface area (Å²) in [6.45, 7) is 10.6. The molecule has 0 bridgehead atoms. The average Bonchev–Trinajstić information content (AvgIpc) is 2.20. The summed E-state index contributed by atoms with van der Waals surface area (Å²) in [6, 6.07) is 0. The standard InChI is InChI=1S/C13H22N2/c1-5-8-14-12(10(2)3)13-11(4)7-6-9-15-13/h6-7,10,15H,5,8-9H2,1-4H3. The lowest BCUT2D eigenvalue weighted by Crippen LogP contribution is -2.27. The van der Waals surface area contributed by atoms with Gasteiger partial charge in [0, 0.05) is 13.1 Å². The van der Waals surface area contributed by atoms with Crippen LogP contribution in [0.25, 0.3) is 0 Å². The van der Waals surface area contributed by atoms with Crippen molar-refractivity contribution in [3.63, 3.8) is 0 Å². The monoisotopic (exact) mass is 206 g/mol. The molecule has 1 aliphatic heterocycles. The molecule has 15 heavy (non-hydrogen) atoms. The number of rotatable bonds is 4. The minimum Gasteiger partial charge on any atom is -0.380 e. The van der Waals surface area contributed by atoms with Crippen LogP contribution in [0.3, 0.4) is 0 Å². The van der Waals surface area contributed by atoms with Crippen molar-refractivity contribution in [3.8, 4) is 0 Å². The van der Waals surface area contributed by atoms with E-state index in [-0.39, 0.29) is 0 Å². The summed E-state index contributed by atoms with van der Waals surface area (Å²) in [4.78, 5) is 4.68. The van der Waals surface area contributed by atoms with Crippen LogP contribution in [0.5, 0.6) is 0 Å². The molecule has 0 aromatic carbocycles. The Morgan fingerprint density at radius 1 is 1.53 bits per heavy atom. The molecule has 0 aliphatic carbocycles. The summed E-state index contributed by atoms with van der Waals surface area (Å²) in [5.74, 6) is 0.487. The maximum atomic E-state index is 4.68. The van der Waals surface area contributed by atoms with E-state index in [1.165, 1.54) is 17.0 Å². The number of dihydropyridines is 1. The Morgan fingerprint density at radius 3 is 2.80 bits per heavy atom. The molecule has 1 rings (SSSR count). The first kappa shape index (κ1) is 12.0. The quantitative estimate of drug-likeness (QED) is 0.703. The molecule has 0 fully saturated rings.